The number of carboxylic acid groups (broad SMARTS) is 2. The Labute approximate surface area is 100 Å². The van der Waals surface area contributed by atoms with Gasteiger partial charge in [-0.05, 0) is 30.9 Å². The Bertz CT molecular complexity index is 336. The summed E-state index contributed by atoms with van der Waals surface area (Å²) >= 11 is 0. The van der Waals surface area contributed by atoms with Gasteiger partial charge in [-0.2, -0.15) is 0 Å². The van der Waals surface area contributed by atoms with Crippen LogP contribution in [0.4, 0.5) is 0 Å². The SMILES string of the molecule is CCOC=C(CC)C(CC)=C(C(=O)O)C(=O)O. The Morgan fingerprint density at radius 1 is 1.06 bits per heavy atom. The Morgan fingerprint density at radius 3 is 1.88 bits per heavy atom. The molecule has 0 amide bonds. The van der Waals surface area contributed by atoms with Crippen molar-refractivity contribution in [1.29, 1.82) is 0 Å². The molecule has 0 aromatic carbocycles. The molecule has 0 unspecified atom stereocenters. The van der Waals surface area contributed by atoms with Crippen LogP contribution in [-0.4, -0.2) is 28.8 Å². The highest BCUT2D eigenvalue weighted by molar-refractivity contribution is 6.13. The Kier molecular flexibility index (Phi) is 6.70. The highest BCUT2D eigenvalue weighted by atomic mass is 16.5. The average molecular weight is 242 g/mol. The van der Waals surface area contributed by atoms with Crippen molar-refractivity contribution in [2.24, 2.45) is 0 Å². The van der Waals surface area contributed by atoms with E-state index in [1.165, 1.54) is 6.26 Å². The van der Waals surface area contributed by atoms with Crippen LogP contribution in [0.3, 0.4) is 0 Å². The summed E-state index contributed by atoms with van der Waals surface area (Å²) in [6, 6.07) is 0. The molecule has 2 N–H and O–H groups in total. The molecule has 5 nitrogen and oxygen atoms in total. The predicted molar refractivity (Wildman–Crippen MR) is 62.6 cm³/mol. The third-order valence-corrected chi connectivity index (χ3v) is 2.24. The summed E-state index contributed by atoms with van der Waals surface area (Å²) in [5.41, 5.74) is 0.329. The minimum Gasteiger partial charge on any atom is -0.501 e. The molecule has 17 heavy (non-hydrogen) atoms. The topological polar surface area (TPSA) is 83.8 Å². The van der Waals surface area contributed by atoms with Crippen molar-refractivity contribution < 1.29 is 24.5 Å². The van der Waals surface area contributed by atoms with Gasteiger partial charge < -0.3 is 14.9 Å². The van der Waals surface area contributed by atoms with E-state index in [1.807, 2.05) is 6.92 Å². The molecule has 0 aliphatic heterocycles. The van der Waals surface area contributed by atoms with Crippen molar-refractivity contribution in [1.82, 2.24) is 0 Å². The van der Waals surface area contributed by atoms with E-state index in [1.54, 1.807) is 13.8 Å². The molecule has 0 atom stereocenters. The van der Waals surface area contributed by atoms with Crippen molar-refractivity contribution in [3.8, 4) is 0 Å². The molecule has 0 aromatic rings. The third-order valence-electron chi connectivity index (χ3n) is 2.24. The molecule has 0 bridgehead atoms. The maximum Gasteiger partial charge on any atom is 0.343 e. The van der Waals surface area contributed by atoms with Gasteiger partial charge in [-0.1, -0.05) is 13.8 Å². The molecule has 0 rings (SSSR count). The fraction of sp³-hybridized carbons (Fsp3) is 0.500. The van der Waals surface area contributed by atoms with E-state index < -0.39 is 17.5 Å². The van der Waals surface area contributed by atoms with E-state index in [0.29, 0.717) is 30.6 Å². The van der Waals surface area contributed by atoms with Gasteiger partial charge in [0.05, 0.1) is 12.9 Å². The summed E-state index contributed by atoms with van der Waals surface area (Å²) in [5, 5.41) is 17.8. The van der Waals surface area contributed by atoms with Crippen LogP contribution in [0.5, 0.6) is 0 Å². The Balaban J connectivity index is 5.59. The normalized spacial score (nSPS) is 10.9. The molecule has 0 aliphatic carbocycles. The van der Waals surface area contributed by atoms with Gasteiger partial charge in [0.25, 0.3) is 0 Å². The lowest BCUT2D eigenvalue weighted by Gasteiger charge is -2.11. The number of aliphatic carboxylic acids is 2. The third kappa shape index (κ3) is 4.30. The van der Waals surface area contributed by atoms with Gasteiger partial charge in [0.15, 0.2) is 0 Å². The molecule has 0 aliphatic rings. The maximum atomic E-state index is 10.9. The van der Waals surface area contributed by atoms with Crippen molar-refractivity contribution in [3.63, 3.8) is 0 Å². The second-order valence-corrected chi connectivity index (χ2v) is 3.27. The summed E-state index contributed by atoms with van der Waals surface area (Å²) < 4.78 is 5.10. The molecule has 0 fully saturated rings. The summed E-state index contributed by atoms with van der Waals surface area (Å²) in [6.07, 6.45) is 2.29. The van der Waals surface area contributed by atoms with Gasteiger partial charge in [0.1, 0.15) is 5.57 Å². The first kappa shape index (κ1) is 15.2. The second kappa shape index (κ2) is 7.49. The van der Waals surface area contributed by atoms with Crippen LogP contribution < -0.4 is 0 Å². The van der Waals surface area contributed by atoms with Crippen LogP contribution >= 0.6 is 0 Å². The van der Waals surface area contributed by atoms with Gasteiger partial charge in [-0.3, -0.25) is 0 Å². The van der Waals surface area contributed by atoms with E-state index in [0.717, 1.165) is 0 Å². The molecule has 0 radical (unpaired) electrons. The average Bonchev–Trinajstić information content (AvgIpc) is 2.26. The van der Waals surface area contributed by atoms with Crippen LogP contribution in [0.2, 0.25) is 0 Å². The van der Waals surface area contributed by atoms with Crippen molar-refractivity contribution >= 4 is 11.9 Å². The van der Waals surface area contributed by atoms with Crippen LogP contribution in [0.25, 0.3) is 0 Å². The molecular weight excluding hydrogens is 224 g/mol. The van der Waals surface area contributed by atoms with E-state index in [9.17, 15) is 9.59 Å². The molecule has 0 saturated carbocycles. The molecule has 0 aromatic heterocycles. The van der Waals surface area contributed by atoms with Crippen LogP contribution in [0.15, 0.2) is 23.0 Å². The minimum atomic E-state index is -1.43. The quantitative estimate of drug-likeness (QED) is 0.235. The lowest BCUT2D eigenvalue weighted by atomic mass is 9.96. The van der Waals surface area contributed by atoms with Crippen molar-refractivity contribution in [3.05, 3.63) is 23.0 Å². The number of allylic oxidation sites excluding steroid dienone is 2. The monoisotopic (exact) mass is 242 g/mol. The lowest BCUT2D eigenvalue weighted by Crippen LogP contribution is -2.15. The smallest absolute Gasteiger partial charge is 0.343 e. The summed E-state index contributed by atoms with van der Waals surface area (Å²) in [6.45, 7) is 5.79. The zero-order chi connectivity index (χ0) is 13.4. The lowest BCUT2D eigenvalue weighted by molar-refractivity contribution is -0.140. The molecule has 0 saturated heterocycles. The fourth-order valence-corrected chi connectivity index (χ4v) is 1.47. The number of ether oxygens (including phenoxy) is 1. The largest absolute Gasteiger partial charge is 0.501 e. The first-order valence-corrected chi connectivity index (χ1v) is 5.50. The van der Waals surface area contributed by atoms with Gasteiger partial charge in [0, 0.05) is 0 Å². The zero-order valence-corrected chi connectivity index (χ0v) is 10.3. The molecule has 0 spiro atoms. The van der Waals surface area contributed by atoms with E-state index >= 15 is 0 Å². The highest BCUT2D eigenvalue weighted by Crippen LogP contribution is 2.22. The van der Waals surface area contributed by atoms with E-state index in [2.05, 4.69) is 0 Å². The summed E-state index contributed by atoms with van der Waals surface area (Å²) in [7, 11) is 0. The number of rotatable bonds is 7. The van der Waals surface area contributed by atoms with Gasteiger partial charge in [0.2, 0.25) is 0 Å². The first-order chi connectivity index (χ1) is 7.99. The molecular formula is C12H18O5. The zero-order valence-electron chi connectivity index (χ0n) is 10.3. The van der Waals surface area contributed by atoms with Gasteiger partial charge >= 0.3 is 11.9 Å². The number of hydrogen-bond acceptors (Lipinski definition) is 3. The summed E-state index contributed by atoms with van der Waals surface area (Å²) in [5.74, 6) is -2.85. The highest BCUT2D eigenvalue weighted by Gasteiger charge is 2.22. The fourth-order valence-electron chi connectivity index (χ4n) is 1.47. The minimum absolute atomic E-state index is 0.306. The second-order valence-electron chi connectivity index (χ2n) is 3.27. The van der Waals surface area contributed by atoms with Crippen LogP contribution in [0.1, 0.15) is 33.6 Å². The van der Waals surface area contributed by atoms with Crippen LogP contribution in [-0.2, 0) is 14.3 Å². The first-order valence-electron chi connectivity index (χ1n) is 5.50. The van der Waals surface area contributed by atoms with Crippen molar-refractivity contribution in [2.75, 3.05) is 6.61 Å². The number of carbonyl (C=O) groups is 2. The van der Waals surface area contributed by atoms with E-state index in [-0.39, 0.29) is 0 Å². The number of carboxylic acids is 2. The van der Waals surface area contributed by atoms with Gasteiger partial charge in [-0.15, -0.1) is 0 Å². The maximum absolute atomic E-state index is 10.9. The van der Waals surface area contributed by atoms with Crippen LogP contribution in [0, 0.1) is 0 Å². The Morgan fingerprint density at radius 2 is 1.59 bits per heavy atom. The van der Waals surface area contributed by atoms with Crippen molar-refractivity contribution in [2.45, 2.75) is 33.6 Å². The molecule has 5 heteroatoms. The summed E-state index contributed by atoms with van der Waals surface area (Å²) in [4.78, 5) is 21.9. The molecule has 0 heterocycles. The van der Waals surface area contributed by atoms with Gasteiger partial charge in [-0.25, -0.2) is 9.59 Å². The predicted octanol–water partition coefficient (Wildman–Crippen LogP) is 2.19. The standard InChI is InChI=1S/C12H18O5/c1-4-8(7-17-6-3)9(5-2)10(11(13)14)12(15)16/h7H,4-6H2,1-3H3,(H,13,14)(H,15,16). The van der Waals surface area contributed by atoms with E-state index in [4.69, 9.17) is 14.9 Å². The number of hydrogen-bond donors (Lipinski definition) is 2. The Hall–Kier alpha value is -1.78. The molecule has 96 valence electrons.